The Bertz CT molecular complexity index is 523. The second kappa shape index (κ2) is 6.52. The predicted octanol–water partition coefficient (Wildman–Crippen LogP) is 1.18. The van der Waals surface area contributed by atoms with E-state index in [9.17, 15) is 9.90 Å². The zero-order valence-electron chi connectivity index (χ0n) is 12.7. The molecular formula is C16H24N4O2. The average Bonchev–Trinajstić information content (AvgIpc) is 2.51. The summed E-state index contributed by atoms with van der Waals surface area (Å²) in [5, 5.41) is 12.8. The van der Waals surface area contributed by atoms with Crippen molar-refractivity contribution in [2.75, 3.05) is 30.7 Å². The van der Waals surface area contributed by atoms with E-state index in [-0.39, 0.29) is 6.10 Å². The van der Waals surface area contributed by atoms with Gasteiger partial charge in [-0.25, -0.2) is 4.98 Å². The largest absolute Gasteiger partial charge is 0.393 e. The van der Waals surface area contributed by atoms with Gasteiger partial charge < -0.3 is 21.1 Å². The molecule has 0 unspecified atom stereocenters. The molecule has 1 saturated carbocycles. The van der Waals surface area contributed by atoms with Crippen LogP contribution < -0.4 is 11.1 Å². The molecule has 0 bridgehead atoms. The Morgan fingerprint density at radius 2 is 2.14 bits per heavy atom. The van der Waals surface area contributed by atoms with Crippen molar-refractivity contribution in [3.63, 3.8) is 0 Å². The molecule has 6 heteroatoms. The summed E-state index contributed by atoms with van der Waals surface area (Å²) >= 11 is 0. The third-order valence-corrected chi connectivity index (χ3v) is 4.91. The number of amides is 1. The van der Waals surface area contributed by atoms with Crippen LogP contribution in [0, 0.1) is 5.92 Å². The van der Waals surface area contributed by atoms with E-state index in [1.165, 1.54) is 5.56 Å². The SMILES string of the molecule is Nc1nccc(C2CCN(C=O)CC2)c1NCC1CC(O)C1. The van der Waals surface area contributed by atoms with Crippen molar-refractivity contribution in [2.45, 2.75) is 37.7 Å². The number of nitrogen functional groups attached to an aromatic ring is 1. The summed E-state index contributed by atoms with van der Waals surface area (Å²) < 4.78 is 0. The van der Waals surface area contributed by atoms with Crippen molar-refractivity contribution in [2.24, 2.45) is 5.92 Å². The van der Waals surface area contributed by atoms with Gasteiger partial charge in [-0.3, -0.25) is 4.79 Å². The molecule has 1 amide bonds. The molecule has 6 nitrogen and oxygen atoms in total. The topological polar surface area (TPSA) is 91.5 Å². The van der Waals surface area contributed by atoms with Crippen LogP contribution in [0.25, 0.3) is 0 Å². The monoisotopic (exact) mass is 304 g/mol. The van der Waals surface area contributed by atoms with Gasteiger partial charge in [-0.15, -0.1) is 0 Å². The molecule has 2 heterocycles. The van der Waals surface area contributed by atoms with E-state index in [2.05, 4.69) is 10.3 Å². The molecular weight excluding hydrogens is 280 g/mol. The maximum absolute atomic E-state index is 10.8. The van der Waals surface area contributed by atoms with Crippen molar-refractivity contribution in [1.82, 2.24) is 9.88 Å². The molecule has 1 saturated heterocycles. The summed E-state index contributed by atoms with van der Waals surface area (Å²) in [5.41, 5.74) is 8.21. The van der Waals surface area contributed by atoms with E-state index in [4.69, 9.17) is 5.73 Å². The molecule has 1 aliphatic heterocycles. The smallest absolute Gasteiger partial charge is 0.209 e. The van der Waals surface area contributed by atoms with E-state index >= 15 is 0 Å². The van der Waals surface area contributed by atoms with E-state index in [1.807, 2.05) is 11.0 Å². The van der Waals surface area contributed by atoms with Crippen LogP contribution in [0.4, 0.5) is 11.5 Å². The Morgan fingerprint density at radius 3 is 2.77 bits per heavy atom. The third kappa shape index (κ3) is 3.16. The van der Waals surface area contributed by atoms with Crippen molar-refractivity contribution in [1.29, 1.82) is 0 Å². The Hall–Kier alpha value is -1.82. The normalized spacial score (nSPS) is 25.6. The molecule has 4 N–H and O–H groups in total. The maximum Gasteiger partial charge on any atom is 0.209 e. The zero-order chi connectivity index (χ0) is 15.5. The molecule has 0 atom stereocenters. The van der Waals surface area contributed by atoms with E-state index in [1.54, 1.807) is 6.20 Å². The lowest BCUT2D eigenvalue weighted by atomic mass is 9.82. The number of anilines is 2. The van der Waals surface area contributed by atoms with Crippen LogP contribution in [0.2, 0.25) is 0 Å². The van der Waals surface area contributed by atoms with Gasteiger partial charge in [-0.1, -0.05) is 0 Å². The van der Waals surface area contributed by atoms with Crippen molar-refractivity contribution >= 4 is 17.9 Å². The molecule has 1 aromatic heterocycles. The molecule has 22 heavy (non-hydrogen) atoms. The van der Waals surface area contributed by atoms with Gasteiger partial charge >= 0.3 is 0 Å². The molecule has 2 aliphatic rings. The Balaban J connectivity index is 1.68. The van der Waals surface area contributed by atoms with Crippen LogP contribution in [0.3, 0.4) is 0 Å². The first kappa shape index (κ1) is 15.1. The molecule has 1 aromatic rings. The van der Waals surface area contributed by atoms with Gasteiger partial charge in [0.25, 0.3) is 0 Å². The van der Waals surface area contributed by atoms with Gasteiger partial charge in [0.05, 0.1) is 11.8 Å². The molecule has 120 valence electrons. The number of nitrogens with two attached hydrogens (primary N) is 1. The van der Waals surface area contributed by atoms with Crippen molar-refractivity contribution in [3.05, 3.63) is 17.8 Å². The number of likely N-dealkylation sites (tertiary alicyclic amines) is 1. The van der Waals surface area contributed by atoms with Gasteiger partial charge in [0.1, 0.15) is 5.82 Å². The van der Waals surface area contributed by atoms with Crippen molar-refractivity contribution < 1.29 is 9.90 Å². The van der Waals surface area contributed by atoms with Gasteiger partial charge in [-0.2, -0.15) is 0 Å². The number of rotatable bonds is 5. The quantitative estimate of drug-likeness (QED) is 0.711. The molecule has 0 radical (unpaired) electrons. The Kier molecular flexibility index (Phi) is 4.47. The number of aliphatic hydroxyl groups is 1. The minimum absolute atomic E-state index is 0.134. The third-order valence-electron chi connectivity index (χ3n) is 4.91. The molecule has 1 aliphatic carbocycles. The number of nitrogens with zero attached hydrogens (tertiary/aromatic N) is 2. The first-order chi connectivity index (χ1) is 10.7. The number of hydrogen-bond acceptors (Lipinski definition) is 5. The highest BCUT2D eigenvalue weighted by Crippen LogP contribution is 2.36. The van der Waals surface area contributed by atoms with Crippen LogP contribution in [0.5, 0.6) is 0 Å². The minimum Gasteiger partial charge on any atom is -0.393 e. The number of pyridine rings is 1. The van der Waals surface area contributed by atoms with Crippen molar-refractivity contribution in [3.8, 4) is 0 Å². The average molecular weight is 304 g/mol. The van der Waals surface area contributed by atoms with Crippen LogP contribution in [-0.2, 0) is 4.79 Å². The predicted molar refractivity (Wildman–Crippen MR) is 85.5 cm³/mol. The molecule has 2 fully saturated rings. The highest BCUT2D eigenvalue weighted by Gasteiger charge is 2.28. The summed E-state index contributed by atoms with van der Waals surface area (Å²) in [6.45, 7) is 2.42. The Morgan fingerprint density at radius 1 is 1.41 bits per heavy atom. The fourth-order valence-corrected chi connectivity index (χ4v) is 3.46. The number of hydrogen-bond donors (Lipinski definition) is 3. The van der Waals surface area contributed by atoms with Crippen LogP contribution >= 0.6 is 0 Å². The number of aromatic nitrogens is 1. The van der Waals surface area contributed by atoms with E-state index < -0.39 is 0 Å². The lowest BCUT2D eigenvalue weighted by molar-refractivity contribution is -0.119. The van der Waals surface area contributed by atoms with Crippen LogP contribution in [-0.4, -0.2) is 47.1 Å². The maximum atomic E-state index is 10.8. The second-order valence-corrected chi connectivity index (χ2v) is 6.45. The van der Waals surface area contributed by atoms with Crippen LogP contribution in [0.1, 0.15) is 37.2 Å². The van der Waals surface area contributed by atoms with E-state index in [0.717, 1.165) is 57.4 Å². The van der Waals surface area contributed by atoms with Crippen LogP contribution in [0.15, 0.2) is 12.3 Å². The highest BCUT2D eigenvalue weighted by atomic mass is 16.3. The Labute approximate surface area is 130 Å². The second-order valence-electron chi connectivity index (χ2n) is 6.45. The van der Waals surface area contributed by atoms with E-state index in [0.29, 0.717) is 17.7 Å². The number of piperidine rings is 1. The summed E-state index contributed by atoms with van der Waals surface area (Å²) in [5.74, 6) is 1.46. The molecule has 0 aromatic carbocycles. The summed E-state index contributed by atoms with van der Waals surface area (Å²) in [4.78, 5) is 16.9. The first-order valence-corrected chi connectivity index (χ1v) is 8.03. The van der Waals surface area contributed by atoms with Gasteiger partial charge in [0.2, 0.25) is 6.41 Å². The molecule has 3 rings (SSSR count). The summed E-state index contributed by atoms with van der Waals surface area (Å²) in [6, 6.07) is 2.04. The summed E-state index contributed by atoms with van der Waals surface area (Å²) in [6.07, 6.45) is 6.19. The number of nitrogens with one attached hydrogen (secondary N) is 1. The lowest BCUT2D eigenvalue weighted by Crippen LogP contribution is -2.34. The fraction of sp³-hybridized carbons (Fsp3) is 0.625. The number of carbonyl (C=O) groups excluding carboxylic acids is 1. The highest BCUT2D eigenvalue weighted by molar-refractivity contribution is 5.67. The van der Waals surface area contributed by atoms with Gasteiger partial charge in [0.15, 0.2) is 0 Å². The number of carbonyl (C=O) groups is 1. The zero-order valence-corrected chi connectivity index (χ0v) is 12.7. The lowest BCUT2D eigenvalue weighted by Gasteiger charge is -2.33. The van der Waals surface area contributed by atoms with Gasteiger partial charge in [-0.05, 0) is 49.1 Å². The summed E-state index contributed by atoms with van der Waals surface area (Å²) in [7, 11) is 0. The molecule has 0 spiro atoms. The first-order valence-electron chi connectivity index (χ1n) is 8.03. The standard InChI is InChI=1S/C16H24N4O2/c17-16-15(19-9-11-7-13(22)8-11)14(1-4-18-16)12-2-5-20(10-21)6-3-12/h1,4,10-13,19,22H,2-3,5-9H2,(H2,17,18). The van der Waals surface area contributed by atoms with Gasteiger partial charge in [0, 0.05) is 25.8 Å². The number of aliphatic hydroxyl groups excluding tert-OH is 1. The fourth-order valence-electron chi connectivity index (χ4n) is 3.46. The minimum atomic E-state index is -0.134.